The molecule has 3 atom stereocenters. The fraction of sp³-hybridized carbons (Fsp3) is 1.00. The first-order valence-electron chi connectivity index (χ1n) is 5.83. The van der Waals surface area contributed by atoms with Crippen molar-refractivity contribution in [2.45, 2.75) is 50.7 Å². The van der Waals surface area contributed by atoms with Crippen molar-refractivity contribution >= 4 is 0 Å². The first-order valence-corrected chi connectivity index (χ1v) is 5.83. The molecule has 0 aromatic heterocycles. The SMILES string of the molecule is CC1CC1N1CCC(NC2CC2)C1. The van der Waals surface area contributed by atoms with E-state index in [1.807, 2.05) is 0 Å². The molecular weight excluding hydrogens is 160 g/mol. The lowest BCUT2D eigenvalue weighted by atomic mass is 10.2. The lowest BCUT2D eigenvalue weighted by Gasteiger charge is -2.16. The predicted molar refractivity (Wildman–Crippen MR) is 53.7 cm³/mol. The van der Waals surface area contributed by atoms with Crippen molar-refractivity contribution < 1.29 is 0 Å². The van der Waals surface area contributed by atoms with Crippen LogP contribution in [-0.2, 0) is 0 Å². The molecule has 2 saturated carbocycles. The minimum absolute atomic E-state index is 0.820. The summed E-state index contributed by atoms with van der Waals surface area (Å²) in [4.78, 5) is 2.70. The van der Waals surface area contributed by atoms with Crippen molar-refractivity contribution in [2.24, 2.45) is 5.92 Å². The standard InChI is InChI=1S/C11H20N2/c1-8-6-11(8)13-5-4-10(7-13)12-9-2-3-9/h8-12H,2-7H2,1H3. The first kappa shape index (κ1) is 8.25. The van der Waals surface area contributed by atoms with Crippen LogP contribution in [0.3, 0.4) is 0 Å². The van der Waals surface area contributed by atoms with Gasteiger partial charge in [-0.25, -0.2) is 0 Å². The molecule has 1 N–H and O–H groups in total. The van der Waals surface area contributed by atoms with E-state index in [1.54, 1.807) is 0 Å². The van der Waals surface area contributed by atoms with Gasteiger partial charge in [0.15, 0.2) is 0 Å². The Morgan fingerprint density at radius 2 is 1.92 bits per heavy atom. The summed E-state index contributed by atoms with van der Waals surface area (Å²) in [6.07, 6.45) is 5.70. The summed E-state index contributed by atoms with van der Waals surface area (Å²) >= 11 is 0. The van der Waals surface area contributed by atoms with Crippen LogP contribution in [0, 0.1) is 5.92 Å². The molecule has 1 heterocycles. The lowest BCUT2D eigenvalue weighted by molar-refractivity contribution is 0.305. The highest BCUT2D eigenvalue weighted by Crippen LogP contribution is 2.37. The van der Waals surface area contributed by atoms with Crippen LogP contribution >= 0.6 is 0 Å². The van der Waals surface area contributed by atoms with Gasteiger partial charge in [0.05, 0.1) is 0 Å². The number of rotatable bonds is 3. The van der Waals surface area contributed by atoms with Gasteiger partial charge in [-0.05, 0) is 31.6 Å². The van der Waals surface area contributed by atoms with Crippen LogP contribution in [-0.4, -0.2) is 36.1 Å². The van der Waals surface area contributed by atoms with Crippen molar-refractivity contribution in [3.8, 4) is 0 Å². The second kappa shape index (κ2) is 2.96. The summed E-state index contributed by atoms with van der Waals surface area (Å²) < 4.78 is 0. The molecule has 0 amide bonds. The van der Waals surface area contributed by atoms with Crippen LogP contribution in [0.5, 0.6) is 0 Å². The second-order valence-corrected chi connectivity index (χ2v) is 5.20. The fourth-order valence-corrected chi connectivity index (χ4v) is 2.62. The van der Waals surface area contributed by atoms with Gasteiger partial charge in [0.1, 0.15) is 0 Å². The Morgan fingerprint density at radius 3 is 2.54 bits per heavy atom. The zero-order chi connectivity index (χ0) is 8.84. The van der Waals surface area contributed by atoms with E-state index in [4.69, 9.17) is 0 Å². The van der Waals surface area contributed by atoms with Crippen molar-refractivity contribution in [1.82, 2.24) is 10.2 Å². The molecule has 2 aliphatic carbocycles. The molecule has 74 valence electrons. The van der Waals surface area contributed by atoms with Gasteiger partial charge in [-0.2, -0.15) is 0 Å². The molecule has 3 fully saturated rings. The summed E-state index contributed by atoms with van der Waals surface area (Å²) in [6, 6.07) is 2.66. The van der Waals surface area contributed by atoms with E-state index in [2.05, 4.69) is 17.1 Å². The van der Waals surface area contributed by atoms with E-state index >= 15 is 0 Å². The molecule has 0 bridgehead atoms. The van der Waals surface area contributed by atoms with Crippen LogP contribution in [0.25, 0.3) is 0 Å². The third kappa shape index (κ3) is 1.75. The average molecular weight is 180 g/mol. The Bertz CT molecular complexity index is 200. The summed E-state index contributed by atoms with van der Waals surface area (Å²) in [5.74, 6) is 0.986. The maximum Gasteiger partial charge on any atom is 0.0209 e. The van der Waals surface area contributed by atoms with Gasteiger partial charge in [0.2, 0.25) is 0 Å². The van der Waals surface area contributed by atoms with E-state index in [9.17, 15) is 0 Å². The Morgan fingerprint density at radius 1 is 1.15 bits per heavy atom. The number of hydrogen-bond donors (Lipinski definition) is 1. The Balaban J connectivity index is 1.47. The summed E-state index contributed by atoms with van der Waals surface area (Å²) in [7, 11) is 0. The zero-order valence-corrected chi connectivity index (χ0v) is 8.50. The van der Waals surface area contributed by atoms with E-state index in [-0.39, 0.29) is 0 Å². The molecule has 2 nitrogen and oxygen atoms in total. The van der Waals surface area contributed by atoms with Gasteiger partial charge in [0.25, 0.3) is 0 Å². The van der Waals surface area contributed by atoms with Crippen molar-refractivity contribution in [1.29, 1.82) is 0 Å². The van der Waals surface area contributed by atoms with Crippen molar-refractivity contribution in [2.75, 3.05) is 13.1 Å². The van der Waals surface area contributed by atoms with Crippen LogP contribution < -0.4 is 5.32 Å². The topological polar surface area (TPSA) is 15.3 Å². The molecule has 1 aliphatic heterocycles. The zero-order valence-electron chi connectivity index (χ0n) is 8.50. The van der Waals surface area contributed by atoms with Crippen LogP contribution in [0.15, 0.2) is 0 Å². The van der Waals surface area contributed by atoms with Gasteiger partial charge < -0.3 is 5.32 Å². The van der Waals surface area contributed by atoms with Crippen LogP contribution in [0.4, 0.5) is 0 Å². The van der Waals surface area contributed by atoms with E-state index in [0.29, 0.717) is 0 Å². The molecule has 1 saturated heterocycles. The highest BCUT2D eigenvalue weighted by Gasteiger charge is 2.41. The minimum atomic E-state index is 0.820. The minimum Gasteiger partial charge on any atom is -0.310 e. The third-order valence-corrected chi connectivity index (χ3v) is 3.80. The molecule has 3 aliphatic rings. The van der Waals surface area contributed by atoms with Gasteiger partial charge in [-0.3, -0.25) is 4.90 Å². The van der Waals surface area contributed by atoms with Gasteiger partial charge >= 0.3 is 0 Å². The molecule has 0 aromatic carbocycles. The maximum atomic E-state index is 3.74. The van der Waals surface area contributed by atoms with Crippen molar-refractivity contribution in [3.05, 3.63) is 0 Å². The molecule has 2 heteroatoms. The molecule has 0 radical (unpaired) electrons. The number of nitrogens with one attached hydrogen (secondary N) is 1. The normalized spacial score (nSPS) is 45.5. The number of hydrogen-bond acceptors (Lipinski definition) is 2. The quantitative estimate of drug-likeness (QED) is 0.702. The molecule has 0 aromatic rings. The van der Waals surface area contributed by atoms with Crippen LogP contribution in [0.1, 0.15) is 32.6 Å². The highest BCUT2D eigenvalue weighted by molar-refractivity contribution is 4.98. The van der Waals surface area contributed by atoms with E-state index in [1.165, 1.54) is 38.8 Å². The Kier molecular flexibility index (Phi) is 1.88. The first-order chi connectivity index (χ1) is 6.33. The Labute approximate surface area is 80.7 Å². The Hall–Kier alpha value is -0.0800. The fourth-order valence-electron chi connectivity index (χ4n) is 2.62. The molecule has 3 unspecified atom stereocenters. The highest BCUT2D eigenvalue weighted by atomic mass is 15.2. The molecule has 3 rings (SSSR count). The van der Waals surface area contributed by atoms with Gasteiger partial charge in [0, 0.05) is 31.2 Å². The van der Waals surface area contributed by atoms with Crippen molar-refractivity contribution in [3.63, 3.8) is 0 Å². The van der Waals surface area contributed by atoms with Crippen LogP contribution in [0.2, 0.25) is 0 Å². The smallest absolute Gasteiger partial charge is 0.0209 e. The summed E-state index contributed by atoms with van der Waals surface area (Å²) in [6.45, 7) is 5.05. The summed E-state index contributed by atoms with van der Waals surface area (Å²) in [5.41, 5.74) is 0. The lowest BCUT2D eigenvalue weighted by Crippen LogP contribution is -2.34. The maximum absolute atomic E-state index is 3.74. The largest absolute Gasteiger partial charge is 0.310 e. The average Bonchev–Trinajstić information content (AvgIpc) is 2.97. The summed E-state index contributed by atoms with van der Waals surface area (Å²) in [5, 5.41) is 3.74. The molecular formula is C11H20N2. The van der Waals surface area contributed by atoms with E-state index in [0.717, 1.165) is 24.0 Å². The molecule has 13 heavy (non-hydrogen) atoms. The van der Waals surface area contributed by atoms with E-state index < -0.39 is 0 Å². The third-order valence-electron chi connectivity index (χ3n) is 3.80. The van der Waals surface area contributed by atoms with Gasteiger partial charge in [-0.15, -0.1) is 0 Å². The second-order valence-electron chi connectivity index (χ2n) is 5.20. The predicted octanol–water partition coefficient (Wildman–Crippen LogP) is 1.22. The number of likely N-dealkylation sites (tertiary alicyclic amines) is 1. The molecule has 0 spiro atoms. The van der Waals surface area contributed by atoms with Gasteiger partial charge in [-0.1, -0.05) is 6.92 Å². The number of nitrogens with zero attached hydrogens (tertiary/aromatic N) is 1. The monoisotopic (exact) mass is 180 g/mol.